The van der Waals surface area contributed by atoms with E-state index in [1.54, 1.807) is 47.8 Å². The first kappa shape index (κ1) is 26.7. The van der Waals surface area contributed by atoms with Gasteiger partial charge in [-0.3, -0.25) is 19.8 Å². The van der Waals surface area contributed by atoms with E-state index in [-0.39, 0.29) is 17.7 Å². The van der Waals surface area contributed by atoms with E-state index in [1.165, 1.54) is 18.4 Å². The number of benzene rings is 2. The Labute approximate surface area is 229 Å². The van der Waals surface area contributed by atoms with Gasteiger partial charge in [0.2, 0.25) is 5.91 Å². The molecule has 4 aromatic rings. The Bertz CT molecular complexity index is 1490. The van der Waals surface area contributed by atoms with Crippen molar-refractivity contribution in [1.82, 2.24) is 9.66 Å². The van der Waals surface area contributed by atoms with Crippen molar-refractivity contribution in [3.05, 3.63) is 74.8 Å². The summed E-state index contributed by atoms with van der Waals surface area (Å²) in [6.45, 7) is 1.53. The van der Waals surface area contributed by atoms with Crippen LogP contribution < -0.4 is 25.8 Å². The number of para-hydroxylation sites is 3. The SMILES string of the molecule is CC[C@H](Sc1nc2ccsc2c(=O)n1NC(=O)COc1ccccc1Br)C(=O)Nc1ccccc1OC. The molecule has 192 valence electrons. The topological polar surface area (TPSA) is 112 Å². The first-order valence-electron chi connectivity index (χ1n) is 11.2. The predicted molar refractivity (Wildman–Crippen MR) is 149 cm³/mol. The van der Waals surface area contributed by atoms with Crippen molar-refractivity contribution in [1.29, 1.82) is 0 Å². The molecule has 0 unspecified atom stereocenters. The molecule has 0 radical (unpaired) electrons. The van der Waals surface area contributed by atoms with Crippen LogP contribution in [0.2, 0.25) is 0 Å². The molecular weight excluding hydrogens is 580 g/mol. The second-order valence-corrected chi connectivity index (χ2v) is 10.6. The number of amides is 2. The van der Waals surface area contributed by atoms with E-state index in [2.05, 4.69) is 31.7 Å². The summed E-state index contributed by atoms with van der Waals surface area (Å²) in [7, 11) is 1.53. The van der Waals surface area contributed by atoms with Crippen LogP contribution in [0, 0.1) is 0 Å². The van der Waals surface area contributed by atoms with Gasteiger partial charge in [-0.15, -0.1) is 11.3 Å². The summed E-state index contributed by atoms with van der Waals surface area (Å²) in [4.78, 5) is 43.7. The lowest BCUT2D eigenvalue weighted by Gasteiger charge is -2.18. The number of nitrogens with one attached hydrogen (secondary N) is 2. The summed E-state index contributed by atoms with van der Waals surface area (Å²) in [6, 6.07) is 15.9. The van der Waals surface area contributed by atoms with E-state index in [4.69, 9.17) is 9.47 Å². The number of aromatic nitrogens is 2. The summed E-state index contributed by atoms with van der Waals surface area (Å²) in [6.07, 6.45) is 0.447. The fourth-order valence-electron chi connectivity index (χ4n) is 3.34. The number of carbonyl (C=O) groups excluding carboxylic acids is 2. The number of carbonyl (C=O) groups is 2. The molecule has 0 saturated carbocycles. The van der Waals surface area contributed by atoms with Gasteiger partial charge in [-0.25, -0.2) is 4.98 Å². The van der Waals surface area contributed by atoms with Gasteiger partial charge in [0.05, 0.1) is 28.0 Å². The summed E-state index contributed by atoms with van der Waals surface area (Å²) in [5.41, 5.74) is 3.18. The Hall–Kier alpha value is -3.35. The number of hydrogen-bond donors (Lipinski definition) is 2. The minimum absolute atomic E-state index is 0.187. The van der Waals surface area contributed by atoms with Gasteiger partial charge in [0.15, 0.2) is 11.8 Å². The maximum atomic E-state index is 13.2. The molecule has 0 bridgehead atoms. The summed E-state index contributed by atoms with van der Waals surface area (Å²) in [5, 5.41) is 4.21. The fourth-order valence-corrected chi connectivity index (χ4v) is 5.47. The number of fused-ring (bicyclic) bond motifs is 1. The Morgan fingerprint density at radius 2 is 1.86 bits per heavy atom. The minimum Gasteiger partial charge on any atom is -0.495 e. The zero-order valence-electron chi connectivity index (χ0n) is 19.9. The highest BCUT2D eigenvalue weighted by Crippen LogP contribution is 2.29. The molecule has 0 spiro atoms. The standard InChI is InChI=1S/C25H23BrN4O5S2/c1-3-20(23(32)27-16-9-5-7-11-19(16)34-2)37-25-28-17-12-13-36-22(17)24(33)30(25)29-21(31)14-35-18-10-6-4-8-15(18)26/h4-13,20H,3,14H2,1-2H3,(H,27,32)(H,29,31)/t20-/m0/s1. The molecule has 1 atom stereocenters. The highest BCUT2D eigenvalue weighted by molar-refractivity contribution is 9.10. The monoisotopic (exact) mass is 602 g/mol. The molecule has 0 aliphatic rings. The molecular formula is C25H23BrN4O5S2. The van der Waals surface area contributed by atoms with Crippen LogP contribution >= 0.6 is 39.0 Å². The van der Waals surface area contributed by atoms with Crippen LogP contribution in [0.1, 0.15) is 13.3 Å². The van der Waals surface area contributed by atoms with Crippen molar-refractivity contribution in [3.63, 3.8) is 0 Å². The van der Waals surface area contributed by atoms with Crippen molar-refractivity contribution in [2.75, 3.05) is 24.5 Å². The number of ether oxygens (including phenoxy) is 2. The molecule has 2 amide bonds. The van der Waals surface area contributed by atoms with Gasteiger partial charge in [0.1, 0.15) is 16.2 Å². The number of anilines is 1. The number of hydrogen-bond acceptors (Lipinski definition) is 8. The van der Waals surface area contributed by atoms with E-state index in [1.807, 2.05) is 19.1 Å². The van der Waals surface area contributed by atoms with E-state index in [0.29, 0.717) is 38.3 Å². The quantitative estimate of drug-likeness (QED) is 0.196. The molecule has 2 N–H and O–H groups in total. The van der Waals surface area contributed by atoms with Crippen molar-refractivity contribution < 1.29 is 19.1 Å². The summed E-state index contributed by atoms with van der Waals surface area (Å²) < 4.78 is 13.1. The summed E-state index contributed by atoms with van der Waals surface area (Å²) in [5.74, 6) is 0.184. The summed E-state index contributed by atoms with van der Waals surface area (Å²) >= 11 is 5.68. The number of thioether (sulfide) groups is 1. The second-order valence-electron chi connectivity index (χ2n) is 7.63. The fraction of sp³-hybridized carbons (Fsp3) is 0.200. The molecule has 2 aromatic heterocycles. The third-order valence-corrected chi connectivity index (χ3v) is 8.02. The lowest BCUT2D eigenvalue weighted by Crippen LogP contribution is -2.37. The van der Waals surface area contributed by atoms with Crippen LogP contribution in [-0.2, 0) is 9.59 Å². The maximum Gasteiger partial charge on any atom is 0.291 e. The zero-order valence-corrected chi connectivity index (χ0v) is 23.1. The van der Waals surface area contributed by atoms with Crippen LogP contribution in [0.3, 0.4) is 0 Å². The first-order chi connectivity index (χ1) is 17.9. The number of thiophene rings is 1. The van der Waals surface area contributed by atoms with Crippen LogP contribution in [0.25, 0.3) is 10.2 Å². The third-order valence-electron chi connectivity index (χ3n) is 5.16. The van der Waals surface area contributed by atoms with Gasteiger partial charge < -0.3 is 14.8 Å². The molecule has 37 heavy (non-hydrogen) atoms. The molecule has 2 aromatic carbocycles. The van der Waals surface area contributed by atoms with E-state index < -0.39 is 16.7 Å². The Kier molecular flexibility index (Phi) is 8.85. The van der Waals surface area contributed by atoms with Crippen LogP contribution in [0.4, 0.5) is 5.69 Å². The molecule has 0 aliphatic heterocycles. The van der Waals surface area contributed by atoms with Crippen LogP contribution in [-0.4, -0.2) is 40.4 Å². The van der Waals surface area contributed by atoms with Crippen molar-refractivity contribution in [3.8, 4) is 11.5 Å². The number of nitrogens with zero attached hydrogens (tertiary/aromatic N) is 2. The lowest BCUT2D eigenvalue weighted by molar-refractivity contribution is -0.119. The highest BCUT2D eigenvalue weighted by Gasteiger charge is 2.24. The largest absolute Gasteiger partial charge is 0.495 e. The van der Waals surface area contributed by atoms with Gasteiger partial charge in [-0.1, -0.05) is 43.0 Å². The van der Waals surface area contributed by atoms with Gasteiger partial charge in [-0.2, -0.15) is 4.68 Å². The van der Waals surface area contributed by atoms with Crippen molar-refractivity contribution in [2.45, 2.75) is 23.8 Å². The van der Waals surface area contributed by atoms with Gasteiger partial charge in [-0.05, 0) is 58.1 Å². The molecule has 0 aliphatic carbocycles. The molecule has 0 saturated heterocycles. The third kappa shape index (κ3) is 6.32. The van der Waals surface area contributed by atoms with Crippen LogP contribution in [0.15, 0.2) is 74.4 Å². The number of halogens is 1. The highest BCUT2D eigenvalue weighted by atomic mass is 79.9. The molecule has 2 heterocycles. The normalized spacial score (nSPS) is 11.6. The van der Waals surface area contributed by atoms with Crippen molar-refractivity contribution in [2.24, 2.45) is 0 Å². The smallest absolute Gasteiger partial charge is 0.291 e. The van der Waals surface area contributed by atoms with E-state index in [0.717, 1.165) is 16.4 Å². The average Bonchev–Trinajstić information content (AvgIpc) is 3.38. The molecule has 12 heteroatoms. The van der Waals surface area contributed by atoms with E-state index in [9.17, 15) is 14.4 Å². The van der Waals surface area contributed by atoms with E-state index >= 15 is 0 Å². The molecule has 9 nitrogen and oxygen atoms in total. The Balaban J connectivity index is 1.56. The average molecular weight is 604 g/mol. The predicted octanol–water partition coefficient (Wildman–Crippen LogP) is 4.89. The zero-order chi connectivity index (χ0) is 26.4. The van der Waals surface area contributed by atoms with Crippen molar-refractivity contribution >= 4 is 66.7 Å². The molecule has 0 fully saturated rings. The second kappa shape index (κ2) is 12.3. The number of rotatable bonds is 10. The van der Waals surface area contributed by atoms with Crippen LogP contribution in [0.5, 0.6) is 11.5 Å². The first-order valence-corrected chi connectivity index (χ1v) is 13.7. The minimum atomic E-state index is -0.604. The maximum absolute atomic E-state index is 13.2. The van der Waals surface area contributed by atoms with Gasteiger partial charge in [0, 0.05) is 0 Å². The molecule has 4 rings (SSSR count). The van der Waals surface area contributed by atoms with Gasteiger partial charge >= 0.3 is 0 Å². The Morgan fingerprint density at radius 1 is 1.14 bits per heavy atom. The van der Waals surface area contributed by atoms with Gasteiger partial charge in [0.25, 0.3) is 11.5 Å². The Morgan fingerprint density at radius 3 is 2.59 bits per heavy atom. The number of methoxy groups -OCH3 is 1. The lowest BCUT2D eigenvalue weighted by atomic mass is 10.2.